The molecule has 3 N–H and O–H groups in total. The Morgan fingerprint density at radius 3 is 2.40 bits per heavy atom. The minimum atomic E-state index is -1.22. The fraction of sp³-hybridized carbons (Fsp3) is 0.188. The Bertz CT molecular complexity index is 607. The second-order valence-electron chi connectivity index (χ2n) is 4.50. The number of rotatable bonds is 5. The van der Waals surface area contributed by atoms with Crippen molar-refractivity contribution >= 4 is 0 Å². The van der Waals surface area contributed by atoms with Crippen molar-refractivity contribution in [3.8, 4) is 11.8 Å². The van der Waals surface area contributed by atoms with Gasteiger partial charge in [0.15, 0.2) is 5.54 Å². The highest BCUT2D eigenvalue weighted by Crippen LogP contribution is 2.22. The summed E-state index contributed by atoms with van der Waals surface area (Å²) < 4.78 is 5.63. The second kappa shape index (κ2) is 6.20. The van der Waals surface area contributed by atoms with E-state index < -0.39 is 5.54 Å². The summed E-state index contributed by atoms with van der Waals surface area (Å²) in [5, 5.41) is 18.6. The molecular formula is C16H16N2O2. The number of aliphatic hydroxyl groups excluding tert-OH is 1. The van der Waals surface area contributed by atoms with Crippen LogP contribution in [0.1, 0.15) is 11.1 Å². The number of nitrogens with zero attached hydrogens (tertiary/aromatic N) is 1. The van der Waals surface area contributed by atoms with Crippen LogP contribution in [0.3, 0.4) is 0 Å². The maximum atomic E-state index is 9.34. The average molecular weight is 268 g/mol. The summed E-state index contributed by atoms with van der Waals surface area (Å²) in [6, 6.07) is 18.3. The van der Waals surface area contributed by atoms with E-state index in [9.17, 15) is 10.4 Å². The molecule has 4 heteroatoms. The van der Waals surface area contributed by atoms with E-state index in [0.717, 1.165) is 0 Å². The van der Waals surface area contributed by atoms with Crippen LogP contribution in [-0.2, 0) is 12.1 Å². The molecule has 0 amide bonds. The number of aliphatic hydroxyl groups is 1. The van der Waals surface area contributed by atoms with Crippen molar-refractivity contribution < 1.29 is 9.84 Å². The Hall–Kier alpha value is -2.35. The van der Waals surface area contributed by atoms with Gasteiger partial charge in [-0.1, -0.05) is 48.5 Å². The quantitative estimate of drug-likeness (QED) is 0.868. The normalized spacial score (nSPS) is 13.2. The predicted octanol–water partition coefficient (Wildman–Crippen LogP) is 1.94. The second-order valence-corrected chi connectivity index (χ2v) is 4.50. The molecule has 0 bridgehead atoms. The van der Waals surface area contributed by atoms with Gasteiger partial charge in [0.2, 0.25) is 0 Å². The van der Waals surface area contributed by atoms with Crippen molar-refractivity contribution in [1.82, 2.24) is 0 Å². The molecule has 4 nitrogen and oxygen atoms in total. The summed E-state index contributed by atoms with van der Waals surface area (Å²) in [7, 11) is 0. The average Bonchev–Trinajstić information content (AvgIpc) is 2.53. The zero-order valence-electron chi connectivity index (χ0n) is 11.0. The summed E-state index contributed by atoms with van der Waals surface area (Å²) in [6.45, 7) is -0.101. The molecule has 0 aliphatic rings. The number of nitriles is 1. The topological polar surface area (TPSA) is 79.3 Å². The van der Waals surface area contributed by atoms with Crippen molar-refractivity contribution in [2.24, 2.45) is 5.73 Å². The molecule has 2 aromatic carbocycles. The predicted molar refractivity (Wildman–Crippen MR) is 75.8 cm³/mol. The number of hydrogen-bond acceptors (Lipinski definition) is 4. The highest BCUT2D eigenvalue weighted by atomic mass is 16.5. The van der Waals surface area contributed by atoms with Crippen LogP contribution in [0.15, 0.2) is 54.6 Å². The highest BCUT2D eigenvalue weighted by Gasteiger charge is 2.28. The first-order valence-electron chi connectivity index (χ1n) is 6.27. The summed E-state index contributed by atoms with van der Waals surface area (Å²) in [4.78, 5) is 0. The van der Waals surface area contributed by atoms with E-state index in [2.05, 4.69) is 6.07 Å². The molecule has 2 aromatic rings. The molecule has 0 radical (unpaired) electrons. The lowest BCUT2D eigenvalue weighted by Gasteiger charge is -2.23. The number of para-hydroxylation sites is 1. The van der Waals surface area contributed by atoms with Crippen LogP contribution in [0.25, 0.3) is 0 Å². The van der Waals surface area contributed by atoms with Crippen LogP contribution in [0.5, 0.6) is 5.75 Å². The van der Waals surface area contributed by atoms with Gasteiger partial charge in [0.05, 0.1) is 12.7 Å². The summed E-state index contributed by atoms with van der Waals surface area (Å²) in [5.74, 6) is 0.538. The Morgan fingerprint density at radius 2 is 1.75 bits per heavy atom. The van der Waals surface area contributed by atoms with Crippen LogP contribution < -0.4 is 10.5 Å². The zero-order chi connectivity index (χ0) is 14.4. The van der Waals surface area contributed by atoms with Crippen LogP contribution in [0, 0.1) is 11.3 Å². The zero-order valence-corrected chi connectivity index (χ0v) is 11.0. The maximum Gasteiger partial charge on any atom is 0.164 e. The fourth-order valence-corrected chi connectivity index (χ4v) is 1.88. The Labute approximate surface area is 118 Å². The summed E-state index contributed by atoms with van der Waals surface area (Å²) >= 11 is 0. The van der Waals surface area contributed by atoms with Gasteiger partial charge in [-0.05, 0) is 11.6 Å². The molecule has 0 aliphatic heterocycles. The highest BCUT2D eigenvalue weighted by molar-refractivity contribution is 5.35. The number of benzene rings is 2. The number of hydrogen-bond donors (Lipinski definition) is 2. The van der Waals surface area contributed by atoms with E-state index in [4.69, 9.17) is 10.5 Å². The van der Waals surface area contributed by atoms with E-state index in [1.165, 1.54) is 0 Å². The molecule has 0 saturated heterocycles. The third-order valence-electron chi connectivity index (χ3n) is 3.09. The minimum absolute atomic E-state index is 0.0184. The van der Waals surface area contributed by atoms with Gasteiger partial charge in [0.1, 0.15) is 12.4 Å². The van der Waals surface area contributed by atoms with Crippen molar-refractivity contribution in [3.63, 3.8) is 0 Å². The number of ether oxygens (including phenoxy) is 1. The first-order valence-corrected chi connectivity index (χ1v) is 6.27. The molecular weight excluding hydrogens is 252 g/mol. The van der Waals surface area contributed by atoms with E-state index in [-0.39, 0.29) is 13.2 Å². The summed E-state index contributed by atoms with van der Waals surface area (Å²) in [6.07, 6.45) is 0. The first-order chi connectivity index (χ1) is 9.69. The molecule has 0 aliphatic carbocycles. The molecule has 0 heterocycles. The molecule has 2 rings (SSSR count). The Morgan fingerprint density at radius 1 is 1.10 bits per heavy atom. The van der Waals surface area contributed by atoms with Crippen molar-refractivity contribution in [3.05, 3.63) is 65.7 Å². The van der Waals surface area contributed by atoms with E-state index >= 15 is 0 Å². The number of nitrogens with two attached hydrogens (primary N) is 1. The van der Waals surface area contributed by atoms with Crippen LogP contribution in [0.2, 0.25) is 0 Å². The van der Waals surface area contributed by atoms with Gasteiger partial charge in [-0.25, -0.2) is 0 Å². The molecule has 102 valence electrons. The van der Waals surface area contributed by atoms with Gasteiger partial charge >= 0.3 is 0 Å². The largest absolute Gasteiger partial charge is 0.490 e. The summed E-state index contributed by atoms with van der Waals surface area (Å²) in [5.41, 5.74) is 6.26. The van der Waals surface area contributed by atoms with Crippen molar-refractivity contribution in [1.29, 1.82) is 5.26 Å². The van der Waals surface area contributed by atoms with Crippen LogP contribution in [0.4, 0.5) is 0 Å². The lowest BCUT2D eigenvalue weighted by atomic mass is 9.93. The molecule has 0 saturated carbocycles. The van der Waals surface area contributed by atoms with Gasteiger partial charge < -0.3 is 15.6 Å². The van der Waals surface area contributed by atoms with Gasteiger partial charge in [-0.3, -0.25) is 0 Å². The molecule has 1 unspecified atom stereocenters. The van der Waals surface area contributed by atoms with Gasteiger partial charge in [0, 0.05) is 5.56 Å². The van der Waals surface area contributed by atoms with Crippen molar-refractivity contribution in [2.75, 3.05) is 6.61 Å². The Kier molecular flexibility index (Phi) is 4.36. The van der Waals surface area contributed by atoms with E-state index in [1.807, 2.05) is 30.3 Å². The smallest absolute Gasteiger partial charge is 0.164 e. The van der Waals surface area contributed by atoms with E-state index in [1.54, 1.807) is 24.3 Å². The molecule has 0 spiro atoms. The maximum absolute atomic E-state index is 9.34. The van der Waals surface area contributed by atoms with Crippen LogP contribution in [-0.4, -0.2) is 11.7 Å². The third-order valence-corrected chi connectivity index (χ3v) is 3.09. The SMILES string of the molecule is N#CC(N)(COc1ccccc1CO)c1ccccc1. The Balaban J connectivity index is 2.18. The molecule has 20 heavy (non-hydrogen) atoms. The van der Waals surface area contributed by atoms with Crippen molar-refractivity contribution in [2.45, 2.75) is 12.1 Å². The lowest BCUT2D eigenvalue weighted by molar-refractivity contribution is 0.236. The molecule has 0 aromatic heterocycles. The van der Waals surface area contributed by atoms with Crippen LogP contribution >= 0.6 is 0 Å². The fourth-order valence-electron chi connectivity index (χ4n) is 1.88. The molecule has 0 fully saturated rings. The van der Waals surface area contributed by atoms with E-state index in [0.29, 0.717) is 16.9 Å². The third kappa shape index (κ3) is 2.97. The van der Waals surface area contributed by atoms with Gasteiger partial charge in [-0.2, -0.15) is 5.26 Å². The van der Waals surface area contributed by atoms with Gasteiger partial charge in [-0.15, -0.1) is 0 Å². The first kappa shape index (κ1) is 14.1. The minimum Gasteiger partial charge on any atom is -0.490 e. The molecule has 1 atom stereocenters. The lowest BCUT2D eigenvalue weighted by Crippen LogP contribution is -2.41. The van der Waals surface area contributed by atoms with Gasteiger partial charge in [0.25, 0.3) is 0 Å². The monoisotopic (exact) mass is 268 g/mol. The standard InChI is InChI=1S/C16H16N2O2/c17-11-16(18,14-7-2-1-3-8-14)12-20-15-9-5-4-6-13(15)10-19/h1-9,19H,10,12,18H2.